The van der Waals surface area contributed by atoms with Crippen LogP contribution < -0.4 is 5.32 Å². The van der Waals surface area contributed by atoms with Gasteiger partial charge in [-0.25, -0.2) is 0 Å². The number of nitrogens with one attached hydrogen (secondary N) is 1. The van der Waals surface area contributed by atoms with Crippen molar-refractivity contribution in [3.05, 3.63) is 12.2 Å². The van der Waals surface area contributed by atoms with E-state index in [2.05, 4.69) is 22.0 Å². The molecule has 3 atom stereocenters. The van der Waals surface area contributed by atoms with Crippen LogP contribution in [0.4, 0.5) is 4.53 Å². The SMILES string of the molecule is C=C1CC2NC(CC)(COF)CC2/C1=N/OC. The second-order valence-corrected chi connectivity index (χ2v) is 4.92. The van der Waals surface area contributed by atoms with Crippen LogP contribution in [0, 0.1) is 5.92 Å². The van der Waals surface area contributed by atoms with Gasteiger partial charge in [-0.1, -0.05) is 18.7 Å². The van der Waals surface area contributed by atoms with Crippen LogP contribution in [0.5, 0.6) is 0 Å². The molecule has 2 fully saturated rings. The van der Waals surface area contributed by atoms with Gasteiger partial charge in [0.1, 0.15) is 13.7 Å². The minimum Gasteiger partial charge on any atom is -0.399 e. The van der Waals surface area contributed by atoms with Gasteiger partial charge in [-0.2, -0.15) is 4.94 Å². The van der Waals surface area contributed by atoms with Crippen LogP contribution in [0.1, 0.15) is 26.2 Å². The van der Waals surface area contributed by atoms with Crippen molar-refractivity contribution in [1.82, 2.24) is 5.32 Å². The van der Waals surface area contributed by atoms with Gasteiger partial charge in [0.2, 0.25) is 0 Å². The summed E-state index contributed by atoms with van der Waals surface area (Å²) in [4.78, 5) is 8.71. The molecule has 96 valence electrons. The zero-order valence-corrected chi connectivity index (χ0v) is 10.3. The van der Waals surface area contributed by atoms with Crippen LogP contribution in [0.15, 0.2) is 17.3 Å². The maximum Gasteiger partial charge on any atom is 0.106 e. The maximum atomic E-state index is 12.2. The Bertz CT molecular complexity index is 345. The highest BCUT2D eigenvalue weighted by molar-refractivity contribution is 6.04. The highest BCUT2D eigenvalue weighted by atomic mass is 19.3. The van der Waals surface area contributed by atoms with Crippen molar-refractivity contribution in [3.8, 4) is 0 Å². The molecule has 1 saturated heterocycles. The molecule has 5 heteroatoms. The number of nitrogens with zero attached hydrogens (tertiary/aromatic N) is 1. The molecule has 0 aromatic heterocycles. The van der Waals surface area contributed by atoms with Crippen LogP contribution in [0.3, 0.4) is 0 Å². The number of halogens is 1. The summed E-state index contributed by atoms with van der Waals surface area (Å²) in [6.45, 7) is 6.12. The van der Waals surface area contributed by atoms with E-state index in [1.807, 2.05) is 6.92 Å². The summed E-state index contributed by atoms with van der Waals surface area (Å²) >= 11 is 0. The van der Waals surface area contributed by atoms with Crippen molar-refractivity contribution in [2.24, 2.45) is 11.1 Å². The fourth-order valence-electron chi connectivity index (χ4n) is 3.01. The Balaban J connectivity index is 2.17. The highest BCUT2D eigenvalue weighted by Gasteiger charge is 2.50. The van der Waals surface area contributed by atoms with Crippen molar-refractivity contribution < 1.29 is 14.3 Å². The lowest BCUT2D eigenvalue weighted by Gasteiger charge is -2.27. The first-order chi connectivity index (χ1) is 8.15. The molecule has 1 aliphatic heterocycles. The van der Waals surface area contributed by atoms with E-state index in [9.17, 15) is 4.53 Å². The zero-order chi connectivity index (χ0) is 12.5. The van der Waals surface area contributed by atoms with E-state index < -0.39 is 0 Å². The summed E-state index contributed by atoms with van der Waals surface area (Å²) < 4.78 is 12.2. The Hall–Kier alpha value is -0.940. The topological polar surface area (TPSA) is 42.8 Å². The zero-order valence-electron chi connectivity index (χ0n) is 10.3. The van der Waals surface area contributed by atoms with Gasteiger partial charge >= 0.3 is 0 Å². The van der Waals surface area contributed by atoms with E-state index in [-0.39, 0.29) is 24.1 Å². The summed E-state index contributed by atoms with van der Waals surface area (Å²) in [6.07, 6.45) is 2.50. The van der Waals surface area contributed by atoms with E-state index in [0.29, 0.717) is 0 Å². The van der Waals surface area contributed by atoms with Crippen molar-refractivity contribution in [1.29, 1.82) is 0 Å². The van der Waals surface area contributed by atoms with Crippen molar-refractivity contribution in [2.45, 2.75) is 37.8 Å². The standard InChI is InChI=1S/C12H19FN2O2/c1-4-12(7-17-13)6-9-10(14-12)5-8(2)11(9)15-16-3/h9-10,14H,2,4-7H2,1,3H3/b15-11+. The van der Waals surface area contributed by atoms with Gasteiger partial charge in [0.25, 0.3) is 0 Å². The average Bonchev–Trinajstić information content (AvgIpc) is 2.77. The molecule has 3 unspecified atom stereocenters. The molecular formula is C12H19FN2O2. The minimum absolute atomic E-state index is 0.0865. The first-order valence-electron chi connectivity index (χ1n) is 5.96. The van der Waals surface area contributed by atoms with E-state index in [0.717, 1.165) is 30.5 Å². The molecule has 1 heterocycles. The highest BCUT2D eigenvalue weighted by Crippen LogP contribution is 2.41. The molecule has 0 radical (unpaired) electrons. The molecule has 0 aromatic rings. The average molecular weight is 242 g/mol. The molecule has 0 aromatic carbocycles. The molecule has 1 N–H and O–H groups in total. The molecule has 0 spiro atoms. The van der Waals surface area contributed by atoms with Crippen LogP contribution in [0.2, 0.25) is 0 Å². The van der Waals surface area contributed by atoms with Crippen LogP contribution in [-0.2, 0) is 9.78 Å². The molecule has 0 amide bonds. The van der Waals surface area contributed by atoms with Crippen LogP contribution in [-0.4, -0.2) is 31.0 Å². The Morgan fingerprint density at radius 2 is 2.41 bits per heavy atom. The van der Waals surface area contributed by atoms with Crippen molar-refractivity contribution >= 4 is 5.71 Å². The molecule has 1 saturated carbocycles. The first kappa shape index (κ1) is 12.5. The summed E-state index contributed by atoms with van der Waals surface area (Å²) in [5.74, 6) is 0.262. The Morgan fingerprint density at radius 3 is 3.00 bits per heavy atom. The molecule has 1 aliphatic carbocycles. The summed E-state index contributed by atoms with van der Waals surface area (Å²) in [7, 11) is 1.54. The van der Waals surface area contributed by atoms with Gasteiger partial charge < -0.3 is 10.2 Å². The van der Waals surface area contributed by atoms with Crippen LogP contribution in [0.25, 0.3) is 0 Å². The lowest BCUT2D eigenvalue weighted by molar-refractivity contribution is -0.152. The third-order valence-corrected chi connectivity index (χ3v) is 3.96. The van der Waals surface area contributed by atoms with E-state index in [1.54, 1.807) is 0 Å². The number of fused-ring (bicyclic) bond motifs is 1. The van der Waals surface area contributed by atoms with Gasteiger partial charge in [0.05, 0.1) is 5.71 Å². The first-order valence-corrected chi connectivity index (χ1v) is 5.96. The normalized spacial score (nSPS) is 38.8. The van der Waals surface area contributed by atoms with Crippen molar-refractivity contribution in [3.63, 3.8) is 0 Å². The lowest BCUT2D eigenvalue weighted by Crippen LogP contribution is -2.45. The van der Waals surface area contributed by atoms with Crippen molar-refractivity contribution in [2.75, 3.05) is 13.7 Å². The summed E-state index contributed by atoms with van der Waals surface area (Å²) in [6, 6.07) is 0.284. The predicted molar refractivity (Wildman–Crippen MR) is 63.3 cm³/mol. The van der Waals surface area contributed by atoms with Gasteiger partial charge in [-0.3, -0.25) is 0 Å². The smallest absolute Gasteiger partial charge is 0.106 e. The second kappa shape index (κ2) is 4.74. The van der Waals surface area contributed by atoms with E-state index >= 15 is 0 Å². The third-order valence-electron chi connectivity index (χ3n) is 3.96. The minimum atomic E-state index is -0.278. The predicted octanol–water partition coefficient (Wildman–Crippen LogP) is 1.98. The maximum absolute atomic E-state index is 12.2. The van der Waals surface area contributed by atoms with Gasteiger partial charge in [-0.15, -0.1) is 0 Å². The van der Waals surface area contributed by atoms with Gasteiger partial charge in [0, 0.05) is 17.5 Å². The quantitative estimate of drug-likeness (QED) is 0.766. The van der Waals surface area contributed by atoms with Gasteiger partial charge in [-0.05, 0) is 29.4 Å². The summed E-state index contributed by atoms with van der Waals surface area (Å²) in [5, 5.41) is 7.52. The fourth-order valence-corrected chi connectivity index (χ4v) is 3.01. The summed E-state index contributed by atoms with van der Waals surface area (Å²) in [5.41, 5.74) is 1.65. The Kier molecular flexibility index (Phi) is 3.49. The molecule has 0 bridgehead atoms. The molecule has 2 aliphatic rings. The Morgan fingerprint density at radius 1 is 1.65 bits per heavy atom. The Labute approximate surface area is 101 Å². The fraction of sp³-hybridized carbons (Fsp3) is 0.750. The molecule has 2 rings (SSSR count). The largest absolute Gasteiger partial charge is 0.399 e. The number of hydrogen-bond acceptors (Lipinski definition) is 4. The second-order valence-electron chi connectivity index (χ2n) is 4.92. The lowest BCUT2D eigenvalue weighted by atomic mass is 9.89. The molecule has 17 heavy (non-hydrogen) atoms. The molecular weight excluding hydrogens is 223 g/mol. The van der Waals surface area contributed by atoms with E-state index in [1.165, 1.54) is 7.11 Å². The van der Waals surface area contributed by atoms with E-state index in [4.69, 9.17) is 4.84 Å². The third kappa shape index (κ3) is 2.09. The van der Waals surface area contributed by atoms with Crippen LogP contribution >= 0.6 is 0 Å². The molecule has 4 nitrogen and oxygen atoms in total. The number of hydrogen-bond donors (Lipinski definition) is 1. The monoisotopic (exact) mass is 242 g/mol. The number of oxime groups is 1. The number of rotatable bonds is 4. The van der Waals surface area contributed by atoms with Gasteiger partial charge in [0.15, 0.2) is 0 Å².